The average molecular weight is 743 g/mol. The molecule has 6 N–H and O–H groups in total. The summed E-state index contributed by atoms with van der Waals surface area (Å²) in [6.45, 7) is 0. The largest absolute Gasteiger partial charge is 0.507 e. The van der Waals surface area contributed by atoms with Crippen molar-refractivity contribution in [1.29, 1.82) is 0 Å². The molecule has 0 radical (unpaired) electrons. The number of rotatable bonds is 10. The van der Waals surface area contributed by atoms with E-state index in [1.54, 1.807) is 0 Å². The second-order valence-corrected chi connectivity index (χ2v) is 14.1. The van der Waals surface area contributed by atoms with E-state index in [9.17, 15) is 50.5 Å². The van der Waals surface area contributed by atoms with E-state index in [4.69, 9.17) is 0 Å². The number of aromatic hydroxyl groups is 2. The molecule has 0 aliphatic rings. The van der Waals surface area contributed by atoms with Crippen LogP contribution >= 0.6 is 0 Å². The van der Waals surface area contributed by atoms with Gasteiger partial charge in [0.25, 0.3) is 20.2 Å². The lowest BCUT2D eigenvalue weighted by Crippen LogP contribution is -2.21. The van der Waals surface area contributed by atoms with E-state index < -0.39 is 36.1 Å². The molecule has 0 heterocycles. The molecule has 0 saturated heterocycles. The van der Waals surface area contributed by atoms with Crippen LogP contribution in [-0.4, -0.2) is 55.0 Å². The van der Waals surface area contributed by atoms with Crippen molar-refractivity contribution in [3.05, 3.63) is 109 Å². The third-order valence-corrected chi connectivity index (χ3v) is 9.57. The van der Waals surface area contributed by atoms with Crippen molar-refractivity contribution in [3.8, 4) is 11.5 Å². The van der Waals surface area contributed by atoms with Gasteiger partial charge in [-0.25, -0.2) is 4.79 Å². The molecule has 0 bridgehead atoms. The van der Waals surface area contributed by atoms with E-state index in [-0.39, 0.29) is 67.2 Å². The fraction of sp³-hybridized carbons (Fsp3) is 0. The number of carbonyl (C=O) groups is 3. The maximum atomic E-state index is 13.1. The van der Waals surface area contributed by atoms with Crippen LogP contribution in [0.4, 0.5) is 38.9 Å². The molecule has 52 heavy (non-hydrogen) atoms. The highest BCUT2D eigenvalue weighted by molar-refractivity contribution is 7.86. The number of fused-ring (bicyclic) bond motifs is 2. The molecule has 4 amide bonds. The minimum atomic E-state index is -4.71. The summed E-state index contributed by atoms with van der Waals surface area (Å²) < 4.78 is 67.5. The molecule has 0 saturated carbocycles. The Morgan fingerprint density at radius 2 is 0.942 bits per heavy atom. The molecule has 0 aromatic heterocycles. The van der Waals surface area contributed by atoms with E-state index in [0.29, 0.717) is 12.8 Å². The van der Waals surface area contributed by atoms with Crippen LogP contribution in [0.25, 0.3) is 21.5 Å². The zero-order valence-electron chi connectivity index (χ0n) is 26.4. The van der Waals surface area contributed by atoms with Gasteiger partial charge in [-0.1, -0.05) is 36.4 Å². The monoisotopic (exact) mass is 742 g/mol. The second kappa shape index (κ2) is 13.6. The summed E-state index contributed by atoms with van der Waals surface area (Å²) in [5.41, 5.74) is 0.512. The highest BCUT2D eigenvalue weighted by Gasteiger charge is 2.22. The molecule has 0 spiro atoms. The number of hydrogen-bond donors (Lipinski definition) is 6. The fourth-order valence-corrected chi connectivity index (χ4v) is 6.74. The van der Waals surface area contributed by atoms with E-state index in [1.807, 2.05) is 0 Å². The summed E-state index contributed by atoms with van der Waals surface area (Å²) >= 11 is 0. The maximum absolute atomic E-state index is 13.1. The Hall–Kier alpha value is -6.53. The van der Waals surface area contributed by atoms with Crippen molar-refractivity contribution in [1.82, 2.24) is 0 Å². The summed E-state index contributed by atoms with van der Waals surface area (Å²) in [6, 6.07) is 23.9. The lowest BCUT2D eigenvalue weighted by Gasteiger charge is -2.22. The van der Waals surface area contributed by atoms with E-state index in [1.165, 1.54) is 84.9 Å². The fourth-order valence-electron chi connectivity index (χ4n) is 5.67. The highest BCUT2D eigenvalue weighted by atomic mass is 32.2. The molecule has 15 nitrogen and oxygen atoms in total. The maximum Gasteiger partial charge on any atom is 0.323 e. The number of phenolic OH excluding ortho intramolecular Hbond substituents is 2. The number of benzene rings is 6. The predicted octanol–water partition coefficient (Wildman–Crippen LogP) is 6.13. The average Bonchev–Trinajstić information content (AvgIpc) is 3.08. The van der Waals surface area contributed by atoms with Gasteiger partial charge in [0, 0.05) is 22.1 Å². The predicted molar refractivity (Wildman–Crippen MR) is 193 cm³/mol. The quantitative estimate of drug-likeness (QED) is 0.0690. The van der Waals surface area contributed by atoms with Gasteiger partial charge in [0.15, 0.2) is 0 Å². The van der Waals surface area contributed by atoms with Gasteiger partial charge >= 0.3 is 6.03 Å². The first kappa shape index (κ1) is 35.3. The van der Waals surface area contributed by atoms with Crippen molar-refractivity contribution in [2.75, 3.05) is 20.4 Å². The first-order valence-corrected chi connectivity index (χ1v) is 17.8. The highest BCUT2D eigenvalue weighted by Crippen LogP contribution is 2.41. The molecular weight excluding hydrogens is 717 g/mol. The molecule has 17 heteroatoms. The van der Waals surface area contributed by atoms with Crippen LogP contribution in [-0.2, 0) is 29.8 Å². The van der Waals surface area contributed by atoms with E-state index in [0.717, 1.165) is 34.1 Å². The van der Waals surface area contributed by atoms with Crippen LogP contribution in [0.5, 0.6) is 11.5 Å². The van der Waals surface area contributed by atoms with Crippen molar-refractivity contribution < 1.29 is 50.5 Å². The van der Waals surface area contributed by atoms with Gasteiger partial charge in [-0.3, -0.25) is 28.5 Å². The van der Waals surface area contributed by atoms with Gasteiger partial charge in [-0.15, -0.1) is 0 Å². The topological polar surface area (TPSA) is 231 Å². The molecule has 0 atom stereocenters. The molecule has 6 aromatic rings. The zero-order valence-corrected chi connectivity index (χ0v) is 28.0. The number of hydrogen-bond acceptors (Lipinski definition) is 9. The normalized spacial score (nSPS) is 11.6. The Kier molecular flexibility index (Phi) is 9.26. The minimum absolute atomic E-state index is 0.0698. The van der Waals surface area contributed by atoms with Crippen molar-refractivity contribution in [2.24, 2.45) is 0 Å². The summed E-state index contributed by atoms with van der Waals surface area (Å²) in [6.07, 6.45) is 0.736. The number of amides is 4. The Morgan fingerprint density at radius 1 is 0.558 bits per heavy atom. The number of nitrogens with zero attached hydrogens (tertiary/aromatic N) is 2. The van der Waals surface area contributed by atoms with Gasteiger partial charge in [0.05, 0.1) is 32.5 Å². The first-order chi connectivity index (χ1) is 24.7. The van der Waals surface area contributed by atoms with Crippen molar-refractivity contribution >= 4 is 94.8 Å². The molecule has 0 aliphatic heterocycles. The second-order valence-electron chi connectivity index (χ2n) is 11.2. The Balaban J connectivity index is 1.29. The van der Waals surface area contributed by atoms with E-state index in [2.05, 4.69) is 10.6 Å². The number of carbonyl (C=O) groups excluding carboxylic acids is 3. The van der Waals surface area contributed by atoms with Gasteiger partial charge in [-0.2, -0.15) is 16.8 Å². The SMILES string of the molecule is O=CN(c1cccc(NC(=O)Nc2cccc(N(C=O)c3cc(S(=O)(=O)O)cc4cccc(O)c34)c2)c1)c1cc(S(=O)(=O)O)cc2cccc(O)c12. The van der Waals surface area contributed by atoms with Crippen LogP contribution in [0.1, 0.15) is 0 Å². The third kappa shape index (κ3) is 7.05. The summed E-state index contributed by atoms with van der Waals surface area (Å²) in [7, 11) is -9.42. The van der Waals surface area contributed by atoms with E-state index >= 15 is 0 Å². The Labute approximate surface area is 295 Å². The molecular formula is C35H26N4O11S2. The van der Waals surface area contributed by atoms with Crippen LogP contribution in [0.15, 0.2) is 119 Å². The van der Waals surface area contributed by atoms with Crippen LogP contribution in [0.3, 0.4) is 0 Å². The number of urea groups is 1. The van der Waals surface area contributed by atoms with Crippen LogP contribution in [0, 0.1) is 0 Å². The summed E-state index contributed by atoms with van der Waals surface area (Å²) in [5, 5.41) is 27.1. The van der Waals surface area contributed by atoms with Gasteiger partial charge in [-0.05, 0) is 83.6 Å². The first-order valence-electron chi connectivity index (χ1n) is 14.9. The minimum Gasteiger partial charge on any atom is -0.507 e. The number of anilines is 6. The molecule has 264 valence electrons. The molecule has 6 aromatic carbocycles. The third-order valence-electron chi connectivity index (χ3n) is 7.91. The smallest absolute Gasteiger partial charge is 0.323 e. The van der Waals surface area contributed by atoms with Gasteiger partial charge < -0.3 is 20.8 Å². The lowest BCUT2D eigenvalue weighted by atomic mass is 10.1. The summed E-state index contributed by atoms with van der Waals surface area (Å²) in [4.78, 5) is 39.0. The number of phenols is 2. The molecule has 0 aliphatic carbocycles. The van der Waals surface area contributed by atoms with Crippen molar-refractivity contribution in [2.45, 2.75) is 9.79 Å². The molecule has 6 rings (SSSR count). The molecule has 0 unspecified atom stereocenters. The summed E-state index contributed by atoms with van der Waals surface area (Å²) in [5.74, 6) is -0.525. The zero-order chi connectivity index (χ0) is 37.4. The van der Waals surface area contributed by atoms with Gasteiger partial charge in [0.1, 0.15) is 11.5 Å². The van der Waals surface area contributed by atoms with Crippen molar-refractivity contribution in [3.63, 3.8) is 0 Å². The Bertz CT molecular complexity index is 2470. The lowest BCUT2D eigenvalue weighted by molar-refractivity contribution is -0.107. The van der Waals surface area contributed by atoms with Gasteiger partial charge in [0.2, 0.25) is 12.8 Å². The number of nitrogens with one attached hydrogen (secondary N) is 2. The Morgan fingerprint density at radius 3 is 1.31 bits per heavy atom. The standard InChI is InChI=1S/C35H26N4O11S2/c40-19-38(29-17-27(51(45,46)47)13-21-5-1-11-31(42)33(21)29)25-9-3-7-23(15-25)36-35(44)37-24-8-4-10-26(16-24)39(20-41)30-18-28(52(48,49)50)14-22-6-2-12-32(43)34(22)30/h1-20,42-43H,(H2,36,37,44)(H,45,46,47)(H,48,49,50). The van der Waals surface area contributed by atoms with Crippen LogP contribution in [0.2, 0.25) is 0 Å². The van der Waals surface area contributed by atoms with Crippen LogP contribution < -0.4 is 20.4 Å². The molecule has 0 fully saturated rings.